The molecule has 4 heteroatoms. The average molecular weight is 411 g/mol. The Morgan fingerprint density at radius 1 is 1.17 bits per heavy atom. The molecule has 1 aliphatic carbocycles. The lowest BCUT2D eigenvalue weighted by Gasteiger charge is -2.32. The van der Waals surface area contributed by atoms with Crippen LogP contribution in [0.25, 0.3) is 0 Å². The van der Waals surface area contributed by atoms with E-state index in [1.54, 1.807) is 7.11 Å². The Kier molecular flexibility index (Phi) is 7.15. The number of benzene rings is 2. The molecule has 0 spiro atoms. The fourth-order valence-electron chi connectivity index (χ4n) is 3.72. The number of fused-ring (bicyclic) bond motifs is 1. The van der Waals surface area contributed by atoms with Crippen molar-refractivity contribution >= 4 is 11.6 Å². The van der Waals surface area contributed by atoms with E-state index < -0.39 is 0 Å². The molecule has 0 heterocycles. The van der Waals surface area contributed by atoms with Gasteiger partial charge in [-0.05, 0) is 30.5 Å². The van der Waals surface area contributed by atoms with Gasteiger partial charge < -0.3 is 26.6 Å². The monoisotopic (exact) mass is 409 g/mol. The molecular formula is C20H25BrClNO. The molecule has 0 amide bonds. The predicted molar refractivity (Wildman–Crippen MR) is 95.6 cm³/mol. The highest BCUT2D eigenvalue weighted by Crippen LogP contribution is 2.38. The van der Waals surface area contributed by atoms with Crippen LogP contribution in [0.2, 0.25) is 5.02 Å². The van der Waals surface area contributed by atoms with E-state index in [9.17, 15) is 0 Å². The van der Waals surface area contributed by atoms with E-state index in [-0.39, 0.29) is 17.0 Å². The zero-order chi connectivity index (χ0) is 16.2. The van der Waals surface area contributed by atoms with E-state index in [4.69, 9.17) is 16.3 Å². The summed E-state index contributed by atoms with van der Waals surface area (Å²) < 4.78 is 5.56. The number of halogens is 2. The van der Waals surface area contributed by atoms with Gasteiger partial charge in [0.2, 0.25) is 0 Å². The molecule has 0 aliphatic heterocycles. The SMILES string of the molecule is COc1ccc(Cl)c2c1CCCC2[NH+](C)CCc1ccccc1.[Br-]. The first-order valence-electron chi connectivity index (χ1n) is 8.42. The van der Waals surface area contributed by atoms with E-state index >= 15 is 0 Å². The summed E-state index contributed by atoms with van der Waals surface area (Å²) in [6.07, 6.45) is 4.57. The number of methoxy groups -OCH3 is 1. The fourth-order valence-corrected chi connectivity index (χ4v) is 4.03. The van der Waals surface area contributed by atoms with Gasteiger partial charge in [0.25, 0.3) is 0 Å². The summed E-state index contributed by atoms with van der Waals surface area (Å²) in [7, 11) is 4.04. The maximum absolute atomic E-state index is 6.56. The molecule has 2 unspecified atom stereocenters. The average Bonchev–Trinajstić information content (AvgIpc) is 2.60. The summed E-state index contributed by atoms with van der Waals surface area (Å²) in [5.41, 5.74) is 4.03. The standard InChI is InChI=1S/C20H24ClNO.BrH/c1-22(14-13-15-7-4-3-5-8-15)18-10-6-9-16-19(23-2)12-11-17(21)20(16)18;/h3-5,7-8,11-12,18H,6,9-10,13-14H2,1-2H3;1H. The molecule has 0 radical (unpaired) electrons. The van der Waals surface area contributed by atoms with E-state index in [1.165, 1.54) is 34.4 Å². The number of hydrogen-bond acceptors (Lipinski definition) is 1. The van der Waals surface area contributed by atoms with Gasteiger partial charge in [0, 0.05) is 24.0 Å². The summed E-state index contributed by atoms with van der Waals surface area (Å²) in [4.78, 5) is 1.53. The Morgan fingerprint density at radius 2 is 1.92 bits per heavy atom. The van der Waals surface area contributed by atoms with Crippen LogP contribution in [-0.4, -0.2) is 20.7 Å². The quantitative estimate of drug-likeness (QED) is 0.757. The minimum Gasteiger partial charge on any atom is -1.00 e. The Hall–Kier alpha value is -1.03. The number of likely N-dealkylation sites (N-methyl/N-ethyl adjacent to an activating group) is 1. The van der Waals surface area contributed by atoms with E-state index in [0.717, 1.165) is 30.2 Å². The van der Waals surface area contributed by atoms with Crippen LogP contribution in [0.1, 0.15) is 35.6 Å². The molecule has 2 atom stereocenters. The number of nitrogens with one attached hydrogen (secondary N) is 1. The molecule has 0 aromatic heterocycles. The van der Waals surface area contributed by atoms with Crippen molar-refractivity contribution in [1.82, 2.24) is 0 Å². The third-order valence-electron chi connectivity index (χ3n) is 4.99. The van der Waals surface area contributed by atoms with Crippen LogP contribution in [0, 0.1) is 0 Å². The molecular weight excluding hydrogens is 386 g/mol. The van der Waals surface area contributed by atoms with Crippen LogP contribution in [0.5, 0.6) is 5.75 Å². The zero-order valence-corrected chi connectivity index (χ0v) is 16.7. The molecule has 2 aromatic rings. The molecule has 2 aromatic carbocycles. The third kappa shape index (κ3) is 4.14. The molecule has 3 rings (SSSR count). The maximum atomic E-state index is 6.56. The lowest BCUT2D eigenvalue weighted by atomic mass is 9.86. The second-order valence-electron chi connectivity index (χ2n) is 6.42. The highest BCUT2D eigenvalue weighted by Gasteiger charge is 2.31. The number of ether oxygens (including phenoxy) is 1. The minimum atomic E-state index is 0. The molecule has 130 valence electrons. The van der Waals surface area contributed by atoms with Crippen molar-refractivity contribution in [3.63, 3.8) is 0 Å². The summed E-state index contributed by atoms with van der Waals surface area (Å²) in [6.45, 7) is 1.11. The van der Waals surface area contributed by atoms with Crippen LogP contribution >= 0.6 is 11.6 Å². The van der Waals surface area contributed by atoms with E-state index in [1.807, 2.05) is 12.1 Å². The summed E-state index contributed by atoms with van der Waals surface area (Å²) in [5.74, 6) is 0.991. The number of rotatable bonds is 5. The van der Waals surface area contributed by atoms with Gasteiger partial charge in [-0.1, -0.05) is 41.9 Å². The van der Waals surface area contributed by atoms with Crippen molar-refractivity contribution in [2.75, 3.05) is 20.7 Å². The Labute approximate surface area is 160 Å². The van der Waals surface area contributed by atoms with Gasteiger partial charge in [-0.25, -0.2) is 0 Å². The van der Waals surface area contributed by atoms with Crippen LogP contribution in [0.3, 0.4) is 0 Å². The summed E-state index contributed by atoms with van der Waals surface area (Å²) >= 11 is 6.56. The first kappa shape index (κ1) is 19.3. The molecule has 0 fully saturated rings. The van der Waals surface area contributed by atoms with E-state index in [0.29, 0.717) is 6.04 Å². The van der Waals surface area contributed by atoms with Gasteiger partial charge in [-0.15, -0.1) is 0 Å². The largest absolute Gasteiger partial charge is 1.00 e. The molecule has 24 heavy (non-hydrogen) atoms. The van der Waals surface area contributed by atoms with Crippen LogP contribution in [-0.2, 0) is 12.8 Å². The fraction of sp³-hybridized carbons (Fsp3) is 0.400. The van der Waals surface area contributed by atoms with Crippen molar-refractivity contribution in [1.29, 1.82) is 0 Å². The number of hydrogen-bond donors (Lipinski definition) is 1. The Morgan fingerprint density at radius 3 is 2.62 bits per heavy atom. The predicted octanol–water partition coefficient (Wildman–Crippen LogP) is 0.487. The lowest BCUT2D eigenvalue weighted by Crippen LogP contribution is -3.09. The minimum absolute atomic E-state index is 0. The van der Waals surface area contributed by atoms with Crippen molar-refractivity contribution in [2.24, 2.45) is 0 Å². The van der Waals surface area contributed by atoms with E-state index in [2.05, 4.69) is 37.4 Å². The molecule has 1 aliphatic rings. The molecule has 0 saturated heterocycles. The van der Waals surface area contributed by atoms with Gasteiger partial charge in [0.1, 0.15) is 11.8 Å². The lowest BCUT2D eigenvalue weighted by molar-refractivity contribution is -0.913. The molecule has 0 saturated carbocycles. The zero-order valence-electron chi connectivity index (χ0n) is 14.3. The highest BCUT2D eigenvalue weighted by molar-refractivity contribution is 6.31. The van der Waals surface area contributed by atoms with Crippen molar-refractivity contribution < 1.29 is 26.6 Å². The second kappa shape index (κ2) is 8.89. The van der Waals surface area contributed by atoms with Crippen LogP contribution in [0.15, 0.2) is 42.5 Å². The van der Waals surface area contributed by atoms with Gasteiger partial charge in [0.05, 0.1) is 25.7 Å². The van der Waals surface area contributed by atoms with Gasteiger partial charge in [0.15, 0.2) is 0 Å². The van der Waals surface area contributed by atoms with Crippen molar-refractivity contribution in [3.8, 4) is 5.75 Å². The summed E-state index contributed by atoms with van der Waals surface area (Å²) in [5, 5.41) is 0.893. The topological polar surface area (TPSA) is 13.7 Å². The van der Waals surface area contributed by atoms with Gasteiger partial charge >= 0.3 is 0 Å². The molecule has 0 bridgehead atoms. The third-order valence-corrected chi connectivity index (χ3v) is 5.32. The molecule has 1 N–H and O–H groups in total. The van der Waals surface area contributed by atoms with Crippen LogP contribution < -0.4 is 26.6 Å². The Bertz CT molecular complexity index is 662. The first-order valence-corrected chi connectivity index (χ1v) is 8.80. The smallest absolute Gasteiger partial charge is 0.122 e. The highest BCUT2D eigenvalue weighted by atomic mass is 79.9. The second-order valence-corrected chi connectivity index (χ2v) is 6.83. The van der Waals surface area contributed by atoms with Crippen molar-refractivity contribution in [2.45, 2.75) is 31.7 Å². The summed E-state index contributed by atoms with van der Waals surface area (Å²) in [6, 6.07) is 15.2. The molecule has 2 nitrogen and oxygen atoms in total. The number of quaternary nitrogens is 1. The maximum Gasteiger partial charge on any atom is 0.122 e. The Balaban J connectivity index is 0.00000208. The van der Waals surface area contributed by atoms with Gasteiger partial charge in [-0.2, -0.15) is 0 Å². The normalized spacial score (nSPS) is 17.5. The first-order chi connectivity index (χ1) is 11.2. The van der Waals surface area contributed by atoms with Crippen LogP contribution in [0.4, 0.5) is 0 Å². The van der Waals surface area contributed by atoms with Crippen molar-refractivity contribution in [3.05, 3.63) is 64.2 Å². The van der Waals surface area contributed by atoms with Gasteiger partial charge in [-0.3, -0.25) is 0 Å².